The molecular weight excluding hydrogens is 337 g/mol. The summed E-state index contributed by atoms with van der Waals surface area (Å²) >= 11 is 11.9. The number of halogens is 2. The van der Waals surface area contributed by atoms with Crippen molar-refractivity contribution in [1.82, 2.24) is 15.1 Å². The second-order valence-electron chi connectivity index (χ2n) is 5.74. The van der Waals surface area contributed by atoms with Crippen LogP contribution in [-0.2, 0) is 9.59 Å². The number of hydrogen-bond donors (Lipinski definition) is 1. The second kappa shape index (κ2) is 7.99. The van der Waals surface area contributed by atoms with E-state index in [-0.39, 0.29) is 17.9 Å². The van der Waals surface area contributed by atoms with Crippen LogP contribution in [0.3, 0.4) is 0 Å². The zero-order chi connectivity index (χ0) is 17.0. The van der Waals surface area contributed by atoms with E-state index in [9.17, 15) is 9.59 Å². The van der Waals surface area contributed by atoms with Crippen LogP contribution < -0.4 is 5.32 Å². The van der Waals surface area contributed by atoms with Gasteiger partial charge in [-0.25, -0.2) is 0 Å². The Balaban J connectivity index is 1.82. The lowest BCUT2D eigenvalue weighted by Crippen LogP contribution is -2.50. The van der Waals surface area contributed by atoms with E-state index in [0.29, 0.717) is 42.8 Å². The van der Waals surface area contributed by atoms with Gasteiger partial charge in [-0.05, 0) is 24.6 Å². The Morgan fingerprint density at radius 1 is 1.17 bits per heavy atom. The molecule has 0 aromatic heterocycles. The molecule has 23 heavy (non-hydrogen) atoms. The van der Waals surface area contributed by atoms with Crippen LogP contribution in [0.5, 0.6) is 0 Å². The minimum atomic E-state index is -0.143. The first-order valence-corrected chi connectivity index (χ1v) is 8.34. The molecule has 126 valence electrons. The van der Waals surface area contributed by atoms with E-state index >= 15 is 0 Å². The molecule has 1 aliphatic heterocycles. The van der Waals surface area contributed by atoms with E-state index in [1.807, 2.05) is 13.0 Å². The molecule has 0 spiro atoms. The van der Waals surface area contributed by atoms with Gasteiger partial charge < -0.3 is 10.2 Å². The Morgan fingerprint density at radius 2 is 1.83 bits per heavy atom. The maximum atomic E-state index is 12.2. The fourth-order valence-corrected chi connectivity index (χ4v) is 2.88. The first-order valence-electron chi connectivity index (χ1n) is 7.59. The van der Waals surface area contributed by atoms with Gasteiger partial charge in [-0.2, -0.15) is 0 Å². The van der Waals surface area contributed by atoms with Crippen molar-refractivity contribution in [3.05, 3.63) is 33.8 Å². The Kier molecular flexibility index (Phi) is 6.27. The monoisotopic (exact) mass is 357 g/mol. The molecule has 1 fully saturated rings. The van der Waals surface area contributed by atoms with Gasteiger partial charge in [0.15, 0.2) is 0 Å². The number of carbonyl (C=O) groups excluding carboxylic acids is 2. The topological polar surface area (TPSA) is 52.7 Å². The second-order valence-corrected chi connectivity index (χ2v) is 6.56. The Hall–Kier alpha value is -1.30. The average Bonchev–Trinajstić information content (AvgIpc) is 2.50. The van der Waals surface area contributed by atoms with Gasteiger partial charge in [0.25, 0.3) is 0 Å². The lowest BCUT2D eigenvalue weighted by Gasteiger charge is -2.33. The highest BCUT2D eigenvalue weighted by molar-refractivity contribution is 6.42. The normalized spacial score (nSPS) is 17.0. The summed E-state index contributed by atoms with van der Waals surface area (Å²) in [4.78, 5) is 27.3. The number of amides is 2. The van der Waals surface area contributed by atoms with E-state index in [1.54, 1.807) is 24.0 Å². The summed E-state index contributed by atoms with van der Waals surface area (Å²) in [6, 6.07) is 5.20. The zero-order valence-corrected chi connectivity index (χ0v) is 14.8. The van der Waals surface area contributed by atoms with E-state index < -0.39 is 0 Å². The molecule has 5 nitrogen and oxygen atoms in total. The fraction of sp³-hybridized carbons (Fsp3) is 0.500. The molecule has 1 atom stereocenters. The molecule has 1 aromatic carbocycles. The number of hydrogen-bond acceptors (Lipinski definition) is 3. The number of nitrogens with zero attached hydrogens (tertiary/aromatic N) is 2. The fourth-order valence-electron chi connectivity index (χ4n) is 2.58. The van der Waals surface area contributed by atoms with Crippen molar-refractivity contribution in [1.29, 1.82) is 0 Å². The Labute approximate surface area is 146 Å². The van der Waals surface area contributed by atoms with Gasteiger partial charge in [0, 0.05) is 33.1 Å². The van der Waals surface area contributed by atoms with Crippen molar-refractivity contribution >= 4 is 35.0 Å². The predicted octanol–water partition coefficient (Wildman–Crippen LogP) is 2.33. The molecule has 2 rings (SSSR count). The van der Waals surface area contributed by atoms with Gasteiger partial charge >= 0.3 is 0 Å². The van der Waals surface area contributed by atoms with Crippen LogP contribution in [-0.4, -0.2) is 54.3 Å². The SMILES string of the molecule is CC(=O)N1CCN(CC(=O)N[C@@H](C)c2ccc(Cl)c(Cl)c2)CC1. The first kappa shape index (κ1) is 18.0. The van der Waals surface area contributed by atoms with E-state index in [0.717, 1.165) is 5.56 Å². The van der Waals surface area contributed by atoms with Gasteiger partial charge in [0.1, 0.15) is 0 Å². The molecule has 1 heterocycles. The van der Waals surface area contributed by atoms with Crippen molar-refractivity contribution in [3.8, 4) is 0 Å². The molecule has 1 N–H and O–H groups in total. The minimum Gasteiger partial charge on any atom is -0.348 e. The summed E-state index contributed by atoms with van der Waals surface area (Å²) < 4.78 is 0. The molecule has 0 unspecified atom stereocenters. The minimum absolute atomic E-state index is 0.0418. The van der Waals surface area contributed by atoms with Crippen molar-refractivity contribution in [2.75, 3.05) is 32.7 Å². The van der Waals surface area contributed by atoms with E-state index in [2.05, 4.69) is 10.2 Å². The lowest BCUT2D eigenvalue weighted by molar-refractivity contribution is -0.131. The largest absolute Gasteiger partial charge is 0.348 e. The van der Waals surface area contributed by atoms with Crippen LogP contribution in [0.15, 0.2) is 18.2 Å². The summed E-state index contributed by atoms with van der Waals surface area (Å²) in [5.41, 5.74) is 0.911. The van der Waals surface area contributed by atoms with Crippen LogP contribution in [0.2, 0.25) is 10.0 Å². The molecule has 0 radical (unpaired) electrons. The third-order valence-electron chi connectivity index (χ3n) is 4.01. The quantitative estimate of drug-likeness (QED) is 0.899. The molecule has 7 heteroatoms. The molecule has 0 bridgehead atoms. The lowest BCUT2D eigenvalue weighted by atomic mass is 10.1. The van der Waals surface area contributed by atoms with Gasteiger partial charge in [-0.1, -0.05) is 29.3 Å². The summed E-state index contributed by atoms with van der Waals surface area (Å²) in [6.07, 6.45) is 0. The summed E-state index contributed by atoms with van der Waals surface area (Å²) in [5.74, 6) is 0.0437. The zero-order valence-electron chi connectivity index (χ0n) is 13.3. The highest BCUT2D eigenvalue weighted by Crippen LogP contribution is 2.25. The van der Waals surface area contributed by atoms with Gasteiger partial charge in [0.05, 0.1) is 22.6 Å². The van der Waals surface area contributed by atoms with Crippen molar-refractivity contribution in [2.24, 2.45) is 0 Å². The van der Waals surface area contributed by atoms with Crippen molar-refractivity contribution in [2.45, 2.75) is 19.9 Å². The average molecular weight is 358 g/mol. The summed E-state index contributed by atoms with van der Waals surface area (Å²) in [5, 5.41) is 3.94. The highest BCUT2D eigenvalue weighted by atomic mass is 35.5. The summed E-state index contributed by atoms with van der Waals surface area (Å²) in [6.45, 7) is 6.59. The van der Waals surface area contributed by atoms with Crippen LogP contribution in [0, 0.1) is 0 Å². The van der Waals surface area contributed by atoms with Crippen LogP contribution in [0.1, 0.15) is 25.5 Å². The molecule has 1 aliphatic rings. The number of benzene rings is 1. The van der Waals surface area contributed by atoms with Gasteiger partial charge in [-0.3, -0.25) is 14.5 Å². The van der Waals surface area contributed by atoms with Crippen molar-refractivity contribution in [3.63, 3.8) is 0 Å². The Morgan fingerprint density at radius 3 is 2.39 bits per heavy atom. The standard InChI is InChI=1S/C16H21Cl2N3O2/c1-11(13-3-4-14(17)15(18)9-13)19-16(23)10-20-5-7-21(8-6-20)12(2)22/h3-4,9,11H,5-8,10H2,1-2H3,(H,19,23)/t11-/m0/s1. The number of piperazine rings is 1. The third-order valence-corrected chi connectivity index (χ3v) is 4.75. The molecule has 0 aliphatic carbocycles. The van der Waals surface area contributed by atoms with Crippen LogP contribution >= 0.6 is 23.2 Å². The molecular formula is C16H21Cl2N3O2. The van der Waals surface area contributed by atoms with Crippen LogP contribution in [0.4, 0.5) is 0 Å². The smallest absolute Gasteiger partial charge is 0.234 e. The molecule has 1 saturated heterocycles. The maximum absolute atomic E-state index is 12.2. The van der Waals surface area contributed by atoms with E-state index in [4.69, 9.17) is 23.2 Å². The number of nitrogens with one attached hydrogen (secondary N) is 1. The summed E-state index contributed by atoms with van der Waals surface area (Å²) in [7, 11) is 0. The highest BCUT2D eigenvalue weighted by Gasteiger charge is 2.21. The van der Waals surface area contributed by atoms with Gasteiger partial charge in [-0.15, -0.1) is 0 Å². The van der Waals surface area contributed by atoms with Crippen molar-refractivity contribution < 1.29 is 9.59 Å². The van der Waals surface area contributed by atoms with E-state index in [1.165, 1.54) is 0 Å². The number of rotatable bonds is 4. The molecule has 2 amide bonds. The first-order chi connectivity index (χ1) is 10.9. The maximum Gasteiger partial charge on any atom is 0.234 e. The Bertz CT molecular complexity index is 587. The third kappa shape index (κ3) is 5.09. The molecule has 1 aromatic rings. The van der Waals surface area contributed by atoms with Crippen LogP contribution in [0.25, 0.3) is 0 Å². The molecule has 0 saturated carbocycles. The predicted molar refractivity (Wildman–Crippen MR) is 91.7 cm³/mol. The number of carbonyl (C=O) groups is 2. The van der Waals surface area contributed by atoms with Gasteiger partial charge in [0.2, 0.25) is 11.8 Å².